The highest BCUT2D eigenvalue weighted by atomic mass is 19.1. The van der Waals surface area contributed by atoms with Crippen molar-refractivity contribution >= 4 is 28.3 Å². The molecule has 2 N–H and O–H groups in total. The molecular weight excluding hydrogens is 357 g/mol. The largest absolute Gasteiger partial charge is 0.373 e. The predicted octanol–water partition coefficient (Wildman–Crippen LogP) is 3.91. The second-order valence-corrected chi connectivity index (χ2v) is 6.31. The third-order valence-corrected chi connectivity index (χ3v) is 4.46. The van der Waals surface area contributed by atoms with Crippen molar-refractivity contribution in [3.05, 3.63) is 84.2 Å². The number of nitrogens with zero attached hydrogens (tertiary/aromatic N) is 3. The second kappa shape index (κ2) is 7.48. The van der Waals surface area contributed by atoms with E-state index in [4.69, 9.17) is 0 Å². The van der Waals surface area contributed by atoms with Crippen LogP contribution in [0.25, 0.3) is 10.9 Å². The molecule has 0 bridgehead atoms. The van der Waals surface area contributed by atoms with Crippen LogP contribution in [0.15, 0.2) is 67.1 Å². The molecule has 1 aromatic carbocycles. The molecule has 140 valence electrons. The third-order valence-electron chi connectivity index (χ3n) is 4.46. The fraction of sp³-hybridized carbons (Fsp3) is 0.0952. The predicted molar refractivity (Wildman–Crippen MR) is 107 cm³/mol. The Morgan fingerprint density at radius 3 is 2.64 bits per heavy atom. The number of aromatic nitrogens is 3. The number of hydrogen-bond donors (Lipinski definition) is 2. The molecule has 0 aliphatic heterocycles. The normalized spacial score (nSPS) is 10.8. The lowest BCUT2D eigenvalue weighted by Gasteiger charge is -2.11. The number of amides is 1. The van der Waals surface area contributed by atoms with Crippen LogP contribution in [0.2, 0.25) is 0 Å². The van der Waals surface area contributed by atoms with E-state index in [1.165, 1.54) is 12.1 Å². The molecule has 1 amide bonds. The zero-order valence-corrected chi connectivity index (χ0v) is 15.2. The summed E-state index contributed by atoms with van der Waals surface area (Å²) in [6, 6.07) is 13.5. The molecule has 0 spiro atoms. The number of nitrogens with one attached hydrogen (secondary N) is 2. The molecule has 3 heterocycles. The Balaban J connectivity index is 1.71. The summed E-state index contributed by atoms with van der Waals surface area (Å²) in [7, 11) is 1.78. The number of carbonyl (C=O) groups is 1. The van der Waals surface area contributed by atoms with Crippen LogP contribution in [0.4, 0.5) is 15.9 Å². The highest BCUT2D eigenvalue weighted by Crippen LogP contribution is 2.23. The minimum atomic E-state index is -0.340. The number of carbonyl (C=O) groups excluding carboxylic acids is 1. The Morgan fingerprint density at radius 1 is 1.11 bits per heavy atom. The van der Waals surface area contributed by atoms with Gasteiger partial charge in [0, 0.05) is 36.9 Å². The molecule has 0 aliphatic carbocycles. The van der Waals surface area contributed by atoms with E-state index in [1.54, 1.807) is 49.9 Å². The van der Waals surface area contributed by atoms with E-state index in [9.17, 15) is 9.18 Å². The van der Waals surface area contributed by atoms with Crippen LogP contribution < -0.4 is 10.6 Å². The topological polar surface area (TPSA) is 71.8 Å². The average molecular weight is 375 g/mol. The van der Waals surface area contributed by atoms with Gasteiger partial charge in [0.2, 0.25) is 0 Å². The van der Waals surface area contributed by atoms with Crippen molar-refractivity contribution in [3.8, 4) is 0 Å². The Kier molecular flexibility index (Phi) is 4.72. The van der Waals surface area contributed by atoms with Crippen LogP contribution in [0.5, 0.6) is 0 Å². The van der Waals surface area contributed by atoms with Crippen LogP contribution in [-0.4, -0.2) is 27.5 Å². The quantitative estimate of drug-likeness (QED) is 0.555. The van der Waals surface area contributed by atoms with Gasteiger partial charge in [0.05, 0.1) is 11.9 Å². The molecule has 0 aliphatic rings. The Morgan fingerprint density at radius 2 is 1.93 bits per heavy atom. The summed E-state index contributed by atoms with van der Waals surface area (Å²) in [5.74, 6) is 0.0809. The number of rotatable bonds is 5. The van der Waals surface area contributed by atoms with Gasteiger partial charge in [-0.2, -0.15) is 0 Å². The molecule has 0 saturated carbocycles. The lowest BCUT2D eigenvalue weighted by atomic mass is 10.2. The van der Waals surface area contributed by atoms with Crippen molar-refractivity contribution in [3.63, 3.8) is 0 Å². The van der Waals surface area contributed by atoms with Gasteiger partial charge in [-0.3, -0.25) is 9.78 Å². The van der Waals surface area contributed by atoms with E-state index >= 15 is 0 Å². The van der Waals surface area contributed by atoms with E-state index in [2.05, 4.69) is 20.6 Å². The first-order valence-electron chi connectivity index (χ1n) is 8.77. The number of halogens is 1. The molecule has 0 atom stereocenters. The molecule has 7 heteroatoms. The van der Waals surface area contributed by atoms with E-state index in [0.29, 0.717) is 29.1 Å². The first-order valence-corrected chi connectivity index (χ1v) is 8.77. The fourth-order valence-electron chi connectivity index (χ4n) is 3.08. The molecule has 0 unspecified atom stereocenters. The second-order valence-electron chi connectivity index (χ2n) is 6.31. The molecule has 0 radical (unpaired) electrons. The molecule has 4 rings (SSSR count). The third kappa shape index (κ3) is 3.55. The Labute approximate surface area is 161 Å². The fourth-order valence-corrected chi connectivity index (χ4v) is 3.08. The highest BCUT2D eigenvalue weighted by Gasteiger charge is 2.17. The maximum Gasteiger partial charge on any atom is 0.272 e. The first-order chi connectivity index (χ1) is 13.6. The van der Waals surface area contributed by atoms with Gasteiger partial charge in [-0.1, -0.05) is 0 Å². The molecule has 4 aromatic rings. The maximum atomic E-state index is 13.7. The van der Waals surface area contributed by atoms with Crippen molar-refractivity contribution in [1.29, 1.82) is 0 Å². The molecular formula is C21H18FN5O. The van der Waals surface area contributed by atoms with Crippen LogP contribution in [0.1, 0.15) is 16.1 Å². The molecule has 6 nitrogen and oxygen atoms in total. The lowest BCUT2D eigenvalue weighted by Crippen LogP contribution is -2.17. The van der Waals surface area contributed by atoms with Gasteiger partial charge in [0.25, 0.3) is 5.91 Å². The number of anilines is 2. The van der Waals surface area contributed by atoms with Crippen LogP contribution in [0, 0.1) is 5.82 Å². The van der Waals surface area contributed by atoms with Gasteiger partial charge >= 0.3 is 0 Å². The zero-order valence-electron chi connectivity index (χ0n) is 15.2. The van der Waals surface area contributed by atoms with Crippen molar-refractivity contribution in [1.82, 2.24) is 14.5 Å². The van der Waals surface area contributed by atoms with E-state index < -0.39 is 0 Å². The van der Waals surface area contributed by atoms with Gasteiger partial charge in [0.15, 0.2) is 0 Å². The molecule has 28 heavy (non-hydrogen) atoms. The first kappa shape index (κ1) is 17.7. The van der Waals surface area contributed by atoms with Crippen molar-refractivity contribution < 1.29 is 9.18 Å². The van der Waals surface area contributed by atoms with E-state index in [1.807, 2.05) is 16.7 Å². The summed E-state index contributed by atoms with van der Waals surface area (Å²) in [4.78, 5) is 21.2. The number of pyridine rings is 2. The number of benzene rings is 1. The molecule has 0 saturated heterocycles. The monoisotopic (exact) mass is 375 g/mol. The summed E-state index contributed by atoms with van der Waals surface area (Å²) in [5, 5.41) is 6.45. The molecule has 0 fully saturated rings. The standard InChI is InChI=1S/C21H18FN5O/c1-23-20-5-3-17(12-25-20)26-21(28)19-11-15-10-16(22)2-4-18(15)27(19)13-14-6-8-24-9-7-14/h2-12H,13H2,1H3,(H,23,25)(H,26,28). The van der Waals surface area contributed by atoms with Crippen molar-refractivity contribution in [2.45, 2.75) is 6.54 Å². The van der Waals surface area contributed by atoms with Gasteiger partial charge < -0.3 is 15.2 Å². The van der Waals surface area contributed by atoms with Crippen LogP contribution in [0.3, 0.4) is 0 Å². The number of fused-ring (bicyclic) bond motifs is 1. The maximum absolute atomic E-state index is 13.7. The molecule has 3 aromatic heterocycles. The van der Waals surface area contributed by atoms with Gasteiger partial charge in [0.1, 0.15) is 17.3 Å². The zero-order chi connectivity index (χ0) is 19.5. The summed E-state index contributed by atoms with van der Waals surface area (Å²) in [6.07, 6.45) is 4.99. The average Bonchev–Trinajstić information content (AvgIpc) is 3.07. The summed E-state index contributed by atoms with van der Waals surface area (Å²) >= 11 is 0. The van der Waals surface area contributed by atoms with Gasteiger partial charge in [-0.25, -0.2) is 9.37 Å². The van der Waals surface area contributed by atoms with Gasteiger partial charge in [-0.15, -0.1) is 0 Å². The summed E-state index contributed by atoms with van der Waals surface area (Å²) in [6.45, 7) is 0.470. The highest BCUT2D eigenvalue weighted by molar-refractivity contribution is 6.06. The van der Waals surface area contributed by atoms with E-state index in [-0.39, 0.29) is 11.7 Å². The summed E-state index contributed by atoms with van der Waals surface area (Å²) < 4.78 is 15.6. The lowest BCUT2D eigenvalue weighted by molar-refractivity contribution is 0.101. The van der Waals surface area contributed by atoms with Crippen molar-refractivity contribution in [2.75, 3.05) is 17.7 Å². The minimum Gasteiger partial charge on any atom is -0.373 e. The summed E-state index contributed by atoms with van der Waals surface area (Å²) in [5.41, 5.74) is 2.80. The SMILES string of the molecule is CNc1ccc(NC(=O)c2cc3cc(F)ccc3n2Cc2ccncc2)cn1. The Hall–Kier alpha value is -3.74. The van der Waals surface area contributed by atoms with Crippen LogP contribution in [-0.2, 0) is 6.54 Å². The van der Waals surface area contributed by atoms with Crippen molar-refractivity contribution in [2.24, 2.45) is 0 Å². The Bertz CT molecular complexity index is 1120. The minimum absolute atomic E-state index is 0.287. The smallest absolute Gasteiger partial charge is 0.272 e. The number of hydrogen-bond acceptors (Lipinski definition) is 4. The van der Waals surface area contributed by atoms with Crippen LogP contribution >= 0.6 is 0 Å². The van der Waals surface area contributed by atoms with E-state index in [0.717, 1.165) is 11.1 Å². The van der Waals surface area contributed by atoms with Gasteiger partial charge in [-0.05, 0) is 54.1 Å².